The lowest BCUT2D eigenvalue weighted by Gasteiger charge is -2.25. The van der Waals surface area contributed by atoms with E-state index in [0.717, 1.165) is 11.6 Å². The minimum atomic E-state index is -3.93. The van der Waals surface area contributed by atoms with Gasteiger partial charge < -0.3 is 10.2 Å². The Morgan fingerprint density at radius 3 is 2.42 bits per heavy atom. The molecule has 1 unspecified atom stereocenters. The van der Waals surface area contributed by atoms with Gasteiger partial charge in [0.2, 0.25) is 5.54 Å². The van der Waals surface area contributed by atoms with Gasteiger partial charge in [-0.05, 0) is 76.0 Å². The van der Waals surface area contributed by atoms with Gasteiger partial charge in [0.15, 0.2) is 0 Å². The molecule has 0 amide bonds. The second kappa shape index (κ2) is 9.71. The number of aryl methyl sites for hydroxylation is 1. The number of nitrogens with zero attached hydrogens (tertiary/aromatic N) is 1. The van der Waals surface area contributed by atoms with Gasteiger partial charge in [-0.25, -0.2) is 18.0 Å². The molecule has 0 saturated heterocycles. The second-order valence-corrected chi connectivity index (χ2v) is 10.6. The van der Waals surface area contributed by atoms with Crippen LogP contribution in [0.2, 0.25) is 0 Å². The molecule has 1 aliphatic rings. The van der Waals surface area contributed by atoms with Crippen LogP contribution in [0.3, 0.4) is 0 Å². The molecular weight excluding hydrogens is 548 g/mol. The van der Waals surface area contributed by atoms with E-state index in [9.17, 15) is 28.2 Å². The minimum Gasteiger partial charge on any atom is -0.479 e. The molecule has 0 bridgehead atoms. The van der Waals surface area contributed by atoms with Gasteiger partial charge in [0.1, 0.15) is 0 Å². The fourth-order valence-electron chi connectivity index (χ4n) is 4.09. The number of carboxylic acids is 2. The Kier molecular flexibility index (Phi) is 6.83. The van der Waals surface area contributed by atoms with Crippen LogP contribution in [-0.2, 0) is 31.6 Å². The first kappa shape index (κ1) is 25.3. The predicted molar refractivity (Wildman–Crippen MR) is 137 cm³/mol. The molecule has 3 aromatic carbocycles. The fourth-order valence-corrected chi connectivity index (χ4v) is 5.76. The predicted octanol–water partition coefficient (Wildman–Crippen LogP) is 3.22. The Balaban J connectivity index is 1.94. The Bertz CT molecular complexity index is 1630. The quantitative estimate of drug-likeness (QED) is 0.357. The molecule has 0 saturated carbocycles. The van der Waals surface area contributed by atoms with Crippen LogP contribution in [0.4, 0.5) is 5.69 Å². The highest BCUT2D eigenvalue weighted by Crippen LogP contribution is 2.38. The summed E-state index contributed by atoms with van der Waals surface area (Å²) in [6.45, 7) is 1.94. The Labute approximate surface area is 215 Å². The number of rotatable bonds is 8. The van der Waals surface area contributed by atoms with E-state index in [1.807, 2.05) is 13.0 Å². The van der Waals surface area contributed by atoms with Crippen molar-refractivity contribution in [1.29, 1.82) is 0 Å². The highest BCUT2D eigenvalue weighted by molar-refractivity contribution is 9.10. The van der Waals surface area contributed by atoms with Gasteiger partial charge in [-0.3, -0.25) is 9.71 Å². The van der Waals surface area contributed by atoms with Crippen molar-refractivity contribution in [2.24, 2.45) is 4.99 Å². The largest absolute Gasteiger partial charge is 0.479 e. The van der Waals surface area contributed by atoms with Gasteiger partial charge >= 0.3 is 11.9 Å². The smallest absolute Gasteiger partial charge is 0.341 e. The van der Waals surface area contributed by atoms with E-state index in [0.29, 0.717) is 21.5 Å². The minimum absolute atomic E-state index is 0.0500. The fraction of sp³-hybridized carbons (Fsp3) is 0.115. The van der Waals surface area contributed by atoms with Gasteiger partial charge in [-0.2, -0.15) is 0 Å². The average Bonchev–Trinajstić information content (AvgIpc) is 3.19. The molecule has 3 aromatic rings. The van der Waals surface area contributed by atoms with Crippen molar-refractivity contribution in [2.45, 2.75) is 23.8 Å². The van der Waals surface area contributed by atoms with Crippen LogP contribution >= 0.6 is 15.9 Å². The summed E-state index contributed by atoms with van der Waals surface area (Å²) in [5, 5.41) is 20.6. The summed E-state index contributed by atoms with van der Waals surface area (Å²) in [6, 6.07) is 17.3. The van der Waals surface area contributed by atoms with Gasteiger partial charge in [0, 0.05) is 27.0 Å². The van der Waals surface area contributed by atoms with Crippen molar-refractivity contribution in [3.63, 3.8) is 0 Å². The maximum atomic E-state index is 12.9. The molecule has 0 spiro atoms. The van der Waals surface area contributed by atoms with Crippen molar-refractivity contribution in [1.82, 2.24) is 0 Å². The van der Waals surface area contributed by atoms with E-state index < -0.39 is 27.5 Å². The third-order valence-electron chi connectivity index (χ3n) is 5.78. The van der Waals surface area contributed by atoms with E-state index in [1.54, 1.807) is 24.3 Å². The first-order valence-electron chi connectivity index (χ1n) is 10.8. The van der Waals surface area contributed by atoms with Crippen LogP contribution in [0.1, 0.15) is 18.1 Å². The molecule has 4 rings (SSSR count). The number of anilines is 1. The third kappa shape index (κ3) is 4.57. The number of sulfonamides is 1. The molecule has 8 nitrogen and oxygen atoms in total. The third-order valence-corrected chi connectivity index (χ3v) is 7.78. The number of hydrogen-bond donors (Lipinski definition) is 3. The maximum absolute atomic E-state index is 12.9. The summed E-state index contributed by atoms with van der Waals surface area (Å²) >= 11 is 3.47. The Hall–Kier alpha value is -3.76. The lowest BCUT2D eigenvalue weighted by atomic mass is 9.82. The standard InChI is InChI=1S/C26H21BrN2O6S/c1-2-16-13-20-21(11-12-23(30)31)26(25(32)33,28-24(20)22(27)14-16)17-7-6-8-18(15-17)29-36(34,35)19-9-4-3-5-10-19/h3-15,29H,2H2,1H3,(H,30,31)(H,32,33). The van der Waals surface area contributed by atoms with Crippen LogP contribution in [0.5, 0.6) is 0 Å². The second-order valence-electron chi connectivity index (χ2n) is 8.04. The number of carbonyl (C=O) groups is 2. The van der Waals surface area contributed by atoms with Gasteiger partial charge in [0.25, 0.3) is 10.0 Å². The van der Waals surface area contributed by atoms with Crippen molar-refractivity contribution in [2.75, 3.05) is 4.72 Å². The summed E-state index contributed by atoms with van der Waals surface area (Å²) in [5.74, 6) is -2.58. The van der Waals surface area contributed by atoms with Crippen LogP contribution in [0.15, 0.2) is 93.2 Å². The highest BCUT2D eigenvalue weighted by Gasteiger charge is 2.46. The summed E-state index contributed by atoms with van der Waals surface area (Å²) in [5.41, 5.74) is -0.640. The number of aliphatic carboxylic acids is 2. The van der Waals surface area contributed by atoms with Crippen molar-refractivity contribution >= 4 is 49.2 Å². The van der Waals surface area contributed by atoms with Crippen molar-refractivity contribution < 1.29 is 28.2 Å². The molecule has 36 heavy (non-hydrogen) atoms. The molecule has 0 radical (unpaired) electrons. The van der Waals surface area contributed by atoms with Crippen LogP contribution in [0.25, 0.3) is 5.57 Å². The normalized spacial score (nSPS) is 17.0. The van der Waals surface area contributed by atoms with Gasteiger partial charge in [-0.1, -0.05) is 37.3 Å². The molecule has 0 fully saturated rings. The summed E-state index contributed by atoms with van der Waals surface area (Å²) in [6.07, 6.45) is 2.77. The zero-order valence-corrected chi connectivity index (χ0v) is 21.4. The molecule has 10 heteroatoms. The molecule has 3 N–H and O–H groups in total. The lowest BCUT2D eigenvalue weighted by molar-refractivity contribution is -0.141. The van der Waals surface area contributed by atoms with E-state index in [2.05, 4.69) is 25.6 Å². The zero-order valence-electron chi connectivity index (χ0n) is 19.0. The molecule has 1 aliphatic heterocycles. The molecule has 0 aliphatic carbocycles. The summed E-state index contributed by atoms with van der Waals surface area (Å²) in [7, 11) is -3.93. The van der Waals surface area contributed by atoms with Gasteiger partial charge in [-0.15, -0.1) is 0 Å². The van der Waals surface area contributed by atoms with Crippen LogP contribution in [0, 0.1) is 0 Å². The number of hydrogen-bond acceptors (Lipinski definition) is 5. The highest BCUT2D eigenvalue weighted by atomic mass is 79.9. The molecular formula is C26H21BrN2O6S. The number of benzene rings is 3. The first-order valence-corrected chi connectivity index (χ1v) is 13.1. The van der Waals surface area contributed by atoms with E-state index >= 15 is 0 Å². The summed E-state index contributed by atoms with van der Waals surface area (Å²) < 4.78 is 28.7. The monoisotopic (exact) mass is 568 g/mol. The van der Waals surface area contributed by atoms with E-state index in [-0.39, 0.29) is 21.7 Å². The lowest BCUT2D eigenvalue weighted by Crippen LogP contribution is -2.34. The van der Waals surface area contributed by atoms with Gasteiger partial charge in [0.05, 0.1) is 10.3 Å². The summed E-state index contributed by atoms with van der Waals surface area (Å²) in [4.78, 5) is 28.9. The molecule has 1 atom stereocenters. The maximum Gasteiger partial charge on any atom is 0.341 e. The van der Waals surface area contributed by atoms with E-state index in [1.165, 1.54) is 42.5 Å². The zero-order chi connectivity index (χ0) is 26.1. The van der Waals surface area contributed by atoms with Crippen LogP contribution in [-0.4, -0.2) is 30.6 Å². The molecule has 184 valence electrons. The number of carboxylic acid groups (broad SMARTS) is 2. The average molecular weight is 569 g/mol. The first-order chi connectivity index (χ1) is 17.1. The Morgan fingerprint density at radius 1 is 1.06 bits per heavy atom. The van der Waals surface area contributed by atoms with Crippen molar-refractivity contribution in [3.05, 3.63) is 105 Å². The topological polar surface area (TPSA) is 133 Å². The van der Waals surface area contributed by atoms with E-state index in [4.69, 9.17) is 0 Å². The number of halogens is 1. The SMILES string of the molecule is CCc1cc(Br)c2c(c1)=C(C=CC(=O)O)C(C(=O)O)(c1cccc(NS(=O)(=O)c3ccccc3)c1)N=2. The molecule has 0 aromatic heterocycles. The Morgan fingerprint density at radius 2 is 1.78 bits per heavy atom. The number of nitrogens with one attached hydrogen (secondary N) is 1. The molecule has 1 heterocycles. The van der Waals surface area contributed by atoms with Crippen molar-refractivity contribution in [3.8, 4) is 0 Å². The number of fused-ring (bicyclic) bond motifs is 1. The van der Waals surface area contributed by atoms with Crippen LogP contribution < -0.4 is 15.3 Å².